The molecule has 0 unspecified atom stereocenters. The van der Waals surface area contributed by atoms with Crippen molar-refractivity contribution >= 4 is 18.2 Å². The molecule has 0 aliphatic carbocycles. The molecule has 0 aliphatic heterocycles. The molecule has 0 saturated heterocycles. The van der Waals surface area contributed by atoms with E-state index in [0.29, 0.717) is 31.3 Å². The number of hydrogen-bond donors (Lipinski definition) is 0. The van der Waals surface area contributed by atoms with E-state index in [0.717, 1.165) is 18.4 Å². The number of unbranched alkanes of at least 4 members (excludes halogenated alkanes) is 2. The summed E-state index contributed by atoms with van der Waals surface area (Å²) in [6, 6.07) is 10.6. The van der Waals surface area contributed by atoms with E-state index in [4.69, 9.17) is 9.47 Å². The standard InChI is InChI=1S/C23H27NO5/c1-23(2,3)29-22(27)20-17(13-14-24-19(20)16-25)10-8-5-9-15-28-21(26)18-11-6-4-7-12-18/h4,6-7,11-14,16H,5,8-10,15H2,1-3H3. The smallest absolute Gasteiger partial charge is 0.341 e. The van der Waals surface area contributed by atoms with Crippen LogP contribution in [0.1, 0.15) is 76.8 Å². The second-order valence-electron chi connectivity index (χ2n) is 7.66. The van der Waals surface area contributed by atoms with Crippen LogP contribution in [0, 0.1) is 0 Å². The van der Waals surface area contributed by atoms with Crippen LogP contribution < -0.4 is 0 Å². The van der Waals surface area contributed by atoms with Gasteiger partial charge in [0.05, 0.1) is 17.7 Å². The Hall–Kier alpha value is -3.02. The minimum absolute atomic E-state index is 0.0912. The fraction of sp³-hybridized carbons (Fsp3) is 0.391. The van der Waals surface area contributed by atoms with Gasteiger partial charge in [-0.1, -0.05) is 18.2 Å². The summed E-state index contributed by atoms with van der Waals surface area (Å²) >= 11 is 0. The van der Waals surface area contributed by atoms with Crippen molar-refractivity contribution in [2.75, 3.05) is 6.61 Å². The zero-order chi connectivity index (χ0) is 21.3. The number of benzene rings is 1. The van der Waals surface area contributed by atoms with Crippen LogP contribution >= 0.6 is 0 Å². The highest BCUT2D eigenvalue weighted by Crippen LogP contribution is 2.19. The van der Waals surface area contributed by atoms with Crippen molar-refractivity contribution in [2.24, 2.45) is 0 Å². The zero-order valence-electron chi connectivity index (χ0n) is 17.1. The summed E-state index contributed by atoms with van der Waals surface area (Å²) in [7, 11) is 0. The highest BCUT2D eigenvalue weighted by atomic mass is 16.6. The minimum Gasteiger partial charge on any atom is -0.462 e. The minimum atomic E-state index is -0.660. The highest BCUT2D eigenvalue weighted by Gasteiger charge is 2.23. The Kier molecular flexibility index (Phi) is 8.07. The first-order chi connectivity index (χ1) is 13.8. The molecule has 0 spiro atoms. The van der Waals surface area contributed by atoms with Gasteiger partial charge in [-0.3, -0.25) is 9.78 Å². The van der Waals surface area contributed by atoms with E-state index in [1.54, 1.807) is 51.1 Å². The molecule has 1 aromatic heterocycles. The number of aromatic nitrogens is 1. The van der Waals surface area contributed by atoms with Gasteiger partial charge in [0.1, 0.15) is 11.3 Å². The maximum Gasteiger partial charge on any atom is 0.341 e. The molecule has 154 valence electrons. The highest BCUT2D eigenvalue weighted by molar-refractivity contribution is 5.98. The van der Waals surface area contributed by atoms with Gasteiger partial charge in [0.15, 0.2) is 6.29 Å². The number of rotatable bonds is 9. The van der Waals surface area contributed by atoms with Crippen molar-refractivity contribution in [3.63, 3.8) is 0 Å². The average molecular weight is 397 g/mol. The van der Waals surface area contributed by atoms with Crippen molar-refractivity contribution in [3.05, 3.63) is 65.0 Å². The van der Waals surface area contributed by atoms with Gasteiger partial charge in [-0.25, -0.2) is 9.59 Å². The molecule has 0 aliphatic rings. The van der Waals surface area contributed by atoms with Crippen LogP contribution in [0.3, 0.4) is 0 Å². The number of hydrogen-bond acceptors (Lipinski definition) is 6. The molecule has 0 saturated carbocycles. The van der Waals surface area contributed by atoms with E-state index < -0.39 is 11.6 Å². The molecule has 29 heavy (non-hydrogen) atoms. The summed E-state index contributed by atoms with van der Waals surface area (Å²) in [5.41, 5.74) is 0.930. The predicted octanol–water partition coefficient (Wildman–Crippen LogP) is 4.42. The maximum atomic E-state index is 12.5. The maximum absolute atomic E-state index is 12.5. The monoisotopic (exact) mass is 397 g/mol. The Balaban J connectivity index is 1.86. The average Bonchev–Trinajstić information content (AvgIpc) is 2.69. The summed E-state index contributed by atoms with van der Waals surface area (Å²) in [6.45, 7) is 5.66. The van der Waals surface area contributed by atoms with Gasteiger partial charge >= 0.3 is 11.9 Å². The van der Waals surface area contributed by atoms with Crippen LogP contribution in [0.25, 0.3) is 0 Å². The third-order valence-electron chi connectivity index (χ3n) is 4.11. The van der Waals surface area contributed by atoms with Gasteiger partial charge in [0, 0.05) is 6.20 Å². The number of aryl methyl sites for hydroxylation is 1. The molecule has 2 rings (SSSR count). The Labute approximate surface area is 171 Å². The second kappa shape index (κ2) is 10.5. The lowest BCUT2D eigenvalue weighted by molar-refractivity contribution is 0.00661. The lowest BCUT2D eigenvalue weighted by Crippen LogP contribution is -2.25. The fourth-order valence-corrected chi connectivity index (χ4v) is 2.80. The lowest BCUT2D eigenvalue weighted by atomic mass is 10.0. The number of aldehydes is 1. The number of carbonyl (C=O) groups excluding carboxylic acids is 3. The molecule has 0 fully saturated rings. The van der Waals surface area contributed by atoms with E-state index in [1.165, 1.54) is 6.20 Å². The van der Waals surface area contributed by atoms with Crippen molar-refractivity contribution in [1.82, 2.24) is 4.98 Å². The van der Waals surface area contributed by atoms with E-state index in [9.17, 15) is 14.4 Å². The first kappa shape index (κ1) is 22.3. The topological polar surface area (TPSA) is 82.6 Å². The van der Waals surface area contributed by atoms with Crippen LogP contribution in [0.2, 0.25) is 0 Å². The number of pyridine rings is 1. The van der Waals surface area contributed by atoms with Gasteiger partial charge in [-0.2, -0.15) is 0 Å². The SMILES string of the molecule is CC(C)(C)OC(=O)c1c(CCCCCOC(=O)c2ccccc2)ccnc1C=O. The fourth-order valence-electron chi connectivity index (χ4n) is 2.80. The molecule has 2 aromatic rings. The van der Waals surface area contributed by atoms with Crippen molar-refractivity contribution in [1.29, 1.82) is 0 Å². The summed E-state index contributed by atoms with van der Waals surface area (Å²) in [4.78, 5) is 39.7. The van der Waals surface area contributed by atoms with Gasteiger partial charge in [0.25, 0.3) is 0 Å². The molecule has 0 atom stereocenters. The molecule has 0 N–H and O–H groups in total. The van der Waals surface area contributed by atoms with Gasteiger partial charge < -0.3 is 9.47 Å². The molecule has 0 amide bonds. The Morgan fingerprint density at radius 1 is 1.00 bits per heavy atom. The lowest BCUT2D eigenvalue weighted by Gasteiger charge is -2.21. The third-order valence-corrected chi connectivity index (χ3v) is 4.11. The number of nitrogens with zero attached hydrogens (tertiary/aromatic N) is 1. The Bertz CT molecular complexity index is 840. The number of ether oxygens (including phenoxy) is 2. The quantitative estimate of drug-likeness (QED) is 0.354. The third kappa shape index (κ3) is 7.14. The van der Waals surface area contributed by atoms with Gasteiger partial charge in [0.2, 0.25) is 0 Å². The van der Waals surface area contributed by atoms with Crippen LogP contribution in [0.15, 0.2) is 42.6 Å². The summed E-state index contributed by atoms with van der Waals surface area (Å²) in [6.07, 6.45) is 5.01. The zero-order valence-corrected chi connectivity index (χ0v) is 17.1. The van der Waals surface area contributed by atoms with Crippen LogP contribution in [-0.4, -0.2) is 35.4 Å². The Morgan fingerprint density at radius 3 is 2.38 bits per heavy atom. The summed E-state index contributed by atoms with van der Waals surface area (Å²) in [5.74, 6) is -0.873. The first-order valence-corrected chi connectivity index (χ1v) is 9.70. The molecule has 0 radical (unpaired) electrons. The molecular formula is C23H27NO5. The van der Waals surface area contributed by atoms with Crippen molar-refractivity contribution in [3.8, 4) is 0 Å². The summed E-state index contributed by atoms with van der Waals surface area (Å²) in [5, 5.41) is 0. The number of carbonyl (C=O) groups is 3. The molecule has 0 bridgehead atoms. The van der Waals surface area contributed by atoms with Crippen molar-refractivity contribution in [2.45, 2.75) is 52.1 Å². The number of esters is 2. The van der Waals surface area contributed by atoms with Gasteiger partial charge in [-0.15, -0.1) is 0 Å². The molecule has 1 aromatic carbocycles. The van der Waals surface area contributed by atoms with Crippen LogP contribution in [0.4, 0.5) is 0 Å². The van der Waals surface area contributed by atoms with E-state index in [-0.39, 0.29) is 17.2 Å². The van der Waals surface area contributed by atoms with Crippen LogP contribution in [-0.2, 0) is 15.9 Å². The van der Waals surface area contributed by atoms with E-state index >= 15 is 0 Å². The molecule has 6 nitrogen and oxygen atoms in total. The Morgan fingerprint density at radius 2 is 1.72 bits per heavy atom. The largest absolute Gasteiger partial charge is 0.462 e. The summed E-state index contributed by atoms with van der Waals surface area (Å²) < 4.78 is 10.7. The van der Waals surface area contributed by atoms with Gasteiger partial charge in [-0.05, 0) is 70.2 Å². The van der Waals surface area contributed by atoms with Crippen molar-refractivity contribution < 1.29 is 23.9 Å². The normalized spacial score (nSPS) is 11.0. The first-order valence-electron chi connectivity index (χ1n) is 9.70. The molecular weight excluding hydrogens is 370 g/mol. The van der Waals surface area contributed by atoms with E-state index in [2.05, 4.69) is 4.98 Å². The second-order valence-corrected chi connectivity index (χ2v) is 7.66. The molecule has 6 heteroatoms. The predicted molar refractivity (Wildman–Crippen MR) is 109 cm³/mol. The van der Waals surface area contributed by atoms with Crippen LogP contribution in [0.5, 0.6) is 0 Å². The van der Waals surface area contributed by atoms with E-state index in [1.807, 2.05) is 6.07 Å². The molecule has 1 heterocycles.